The second-order valence-electron chi connectivity index (χ2n) is 4.03. The van der Waals surface area contributed by atoms with Crippen molar-refractivity contribution >= 4 is 11.7 Å². The number of carboxylic acids is 1. The fourth-order valence-electron chi connectivity index (χ4n) is 1.79. The minimum atomic E-state index is -0.667. The third-order valence-corrected chi connectivity index (χ3v) is 2.83. The van der Waals surface area contributed by atoms with Crippen LogP contribution in [0.1, 0.15) is 6.42 Å². The largest absolute Gasteiger partial charge is 0.481 e. The van der Waals surface area contributed by atoms with Crippen molar-refractivity contribution in [3.63, 3.8) is 0 Å². The number of rotatable bonds is 4. The zero-order valence-electron chi connectivity index (χ0n) is 8.63. The molecule has 0 bridgehead atoms. The van der Waals surface area contributed by atoms with E-state index in [-0.39, 0.29) is 5.92 Å². The van der Waals surface area contributed by atoms with Crippen LogP contribution in [-0.4, -0.2) is 29.7 Å². The Balaban J connectivity index is 1.89. The Hall–Kier alpha value is -1.58. The van der Waals surface area contributed by atoms with Gasteiger partial charge in [0, 0.05) is 19.8 Å². The van der Waals surface area contributed by atoms with Gasteiger partial charge in [0.05, 0.1) is 17.8 Å². The van der Waals surface area contributed by atoms with Crippen LogP contribution in [0.25, 0.3) is 0 Å². The first kappa shape index (κ1) is 9.96. The van der Waals surface area contributed by atoms with Crippen molar-refractivity contribution in [2.24, 2.45) is 11.8 Å². The van der Waals surface area contributed by atoms with Crippen LogP contribution in [-0.2, 0) is 4.79 Å². The Kier molecular flexibility index (Phi) is 2.58. The maximum Gasteiger partial charge on any atom is 0.306 e. The van der Waals surface area contributed by atoms with Crippen LogP contribution in [0, 0.1) is 11.8 Å². The summed E-state index contributed by atoms with van der Waals surface area (Å²) in [5.74, 6) is -0.503. The van der Waals surface area contributed by atoms with Gasteiger partial charge < -0.3 is 10.0 Å². The van der Waals surface area contributed by atoms with Crippen molar-refractivity contribution in [1.82, 2.24) is 4.98 Å². The first-order valence-corrected chi connectivity index (χ1v) is 5.02. The highest BCUT2D eigenvalue weighted by atomic mass is 16.4. The monoisotopic (exact) mass is 206 g/mol. The first-order chi connectivity index (χ1) is 7.18. The summed E-state index contributed by atoms with van der Waals surface area (Å²) in [5, 5.41) is 8.78. The number of carboxylic acid groups (broad SMARTS) is 1. The third kappa shape index (κ3) is 2.26. The molecule has 4 nitrogen and oxygen atoms in total. The van der Waals surface area contributed by atoms with Crippen molar-refractivity contribution in [2.75, 3.05) is 18.5 Å². The second kappa shape index (κ2) is 3.88. The summed E-state index contributed by atoms with van der Waals surface area (Å²) >= 11 is 0. The van der Waals surface area contributed by atoms with Crippen LogP contribution in [0.5, 0.6) is 0 Å². The predicted octanol–water partition coefficient (Wildman–Crippen LogP) is 1.24. The molecule has 1 fully saturated rings. The Morgan fingerprint density at radius 1 is 1.73 bits per heavy atom. The van der Waals surface area contributed by atoms with Crippen molar-refractivity contribution in [3.8, 4) is 0 Å². The number of pyridine rings is 1. The lowest BCUT2D eigenvalue weighted by Gasteiger charge is -2.18. The van der Waals surface area contributed by atoms with E-state index in [1.807, 2.05) is 19.2 Å². The SMILES string of the molecule is CN(CC1CC1C(=O)O)c1cccnc1. The van der Waals surface area contributed by atoms with Gasteiger partial charge in [-0.15, -0.1) is 0 Å². The molecule has 1 aromatic heterocycles. The molecule has 0 amide bonds. The molecule has 1 saturated carbocycles. The molecular formula is C11H14N2O2. The lowest BCUT2D eigenvalue weighted by molar-refractivity contribution is -0.138. The van der Waals surface area contributed by atoms with Crippen LogP contribution in [0.3, 0.4) is 0 Å². The zero-order valence-corrected chi connectivity index (χ0v) is 8.63. The summed E-state index contributed by atoms with van der Waals surface area (Å²) < 4.78 is 0. The molecule has 2 rings (SSSR count). The van der Waals surface area contributed by atoms with E-state index in [0.29, 0.717) is 5.92 Å². The topological polar surface area (TPSA) is 53.4 Å². The van der Waals surface area contributed by atoms with E-state index in [1.54, 1.807) is 12.4 Å². The van der Waals surface area contributed by atoms with Gasteiger partial charge in [-0.3, -0.25) is 9.78 Å². The smallest absolute Gasteiger partial charge is 0.306 e. The van der Waals surface area contributed by atoms with E-state index in [2.05, 4.69) is 9.88 Å². The normalized spacial score (nSPS) is 23.5. The van der Waals surface area contributed by atoms with Gasteiger partial charge in [0.1, 0.15) is 0 Å². The highest BCUT2D eigenvalue weighted by Crippen LogP contribution is 2.39. The number of anilines is 1. The van der Waals surface area contributed by atoms with Gasteiger partial charge in [-0.1, -0.05) is 0 Å². The first-order valence-electron chi connectivity index (χ1n) is 5.02. The predicted molar refractivity (Wildman–Crippen MR) is 56.7 cm³/mol. The van der Waals surface area contributed by atoms with Gasteiger partial charge in [-0.05, 0) is 24.5 Å². The molecule has 1 aliphatic carbocycles. The van der Waals surface area contributed by atoms with E-state index in [9.17, 15) is 4.79 Å². The summed E-state index contributed by atoms with van der Waals surface area (Å²) in [6.07, 6.45) is 4.33. The minimum absolute atomic E-state index is 0.135. The fraction of sp³-hybridized carbons (Fsp3) is 0.455. The standard InChI is InChI=1S/C11H14N2O2/c1-13(9-3-2-4-12-6-9)7-8-5-10(8)11(14)15/h2-4,6,8,10H,5,7H2,1H3,(H,14,15). The average molecular weight is 206 g/mol. The Labute approximate surface area is 88.6 Å². The van der Waals surface area contributed by atoms with Gasteiger partial charge >= 0.3 is 5.97 Å². The molecule has 1 heterocycles. The molecule has 1 aromatic rings. The van der Waals surface area contributed by atoms with Gasteiger partial charge in [0.25, 0.3) is 0 Å². The molecule has 0 aliphatic heterocycles. The summed E-state index contributed by atoms with van der Waals surface area (Å²) in [6.45, 7) is 0.794. The van der Waals surface area contributed by atoms with E-state index >= 15 is 0 Å². The van der Waals surface area contributed by atoms with Crippen LogP contribution in [0.2, 0.25) is 0 Å². The van der Waals surface area contributed by atoms with E-state index in [4.69, 9.17) is 5.11 Å². The number of aliphatic carboxylic acids is 1. The second-order valence-corrected chi connectivity index (χ2v) is 4.03. The van der Waals surface area contributed by atoms with Crippen molar-refractivity contribution in [2.45, 2.75) is 6.42 Å². The number of carbonyl (C=O) groups is 1. The Morgan fingerprint density at radius 2 is 2.53 bits per heavy atom. The molecule has 1 aliphatic rings. The highest BCUT2D eigenvalue weighted by molar-refractivity contribution is 5.73. The van der Waals surface area contributed by atoms with E-state index < -0.39 is 5.97 Å². The van der Waals surface area contributed by atoms with Crippen LogP contribution in [0.15, 0.2) is 24.5 Å². The van der Waals surface area contributed by atoms with Crippen LogP contribution in [0.4, 0.5) is 5.69 Å². The number of hydrogen-bond acceptors (Lipinski definition) is 3. The highest BCUT2D eigenvalue weighted by Gasteiger charge is 2.43. The van der Waals surface area contributed by atoms with E-state index in [1.165, 1.54) is 0 Å². The maximum absolute atomic E-state index is 10.7. The summed E-state index contributed by atoms with van der Waals surface area (Å²) in [7, 11) is 1.97. The number of hydrogen-bond donors (Lipinski definition) is 1. The molecule has 2 atom stereocenters. The lowest BCUT2D eigenvalue weighted by Crippen LogP contribution is -2.21. The molecule has 0 spiro atoms. The molecule has 0 radical (unpaired) electrons. The molecule has 15 heavy (non-hydrogen) atoms. The van der Waals surface area contributed by atoms with Crippen LogP contribution >= 0.6 is 0 Å². The summed E-state index contributed by atoms with van der Waals surface area (Å²) in [6, 6.07) is 3.86. The molecule has 4 heteroatoms. The lowest BCUT2D eigenvalue weighted by atomic mass is 10.3. The number of aromatic nitrogens is 1. The minimum Gasteiger partial charge on any atom is -0.481 e. The van der Waals surface area contributed by atoms with Gasteiger partial charge in [-0.25, -0.2) is 0 Å². The fourth-order valence-corrected chi connectivity index (χ4v) is 1.79. The maximum atomic E-state index is 10.7. The van der Waals surface area contributed by atoms with E-state index in [0.717, 1.165) is 18.7 Å². The Morgan fingerprint density at radius 3 is 3.07 bits per heavy atom. The van der Waals surface area contributed by atoms with Crippen molar-refractivity contribution in [3.05, 3.63) is 24.5 Å². The van der Waals surface area contributed by atoms with Gasteiger partial charge in [0.2, 0.25) is 0 Å². The average Bonchev–Trinajstić information content (AvgIpc) is 2.98. The number of nitrogens with zero attached hydrogens (tertiary/aromatic N) is 2. The Bertz CT molecular complexity index is 353. The molecule has 2 unspecified atom stereocenters. The molecule has 80 valence electrons. The molecular weight excluding hydrogens is 192 g/mol. The van der Waals surface area contributed by atoms with Crippen LogP contribution < -0.4 is 4.90 Å². The molecule has 1 N–H and O–H groups in total. The van der Waals surface area contributed by atoms with Crippen molar-refractivity contribution in [1.29, 1.82) is 0 Å². The van der Waals surface area contributed by atoms with Crippen molar-refractivity contribution < 1.29 is 9.90 Å². The molecule has 0 aromatic carbocycles. The summed E-state index contributed by atoms with van der Waals surface area (Å²) in [5.41, 5.74) is 1.04. The summed E-state index contributed by atoms with van der Waals surface area (Å²) in [4.78, 5) is 16.7. The third-order valence-electron chi connectivity index (χ3n) is 2.83. The zero-order chi connectivity index (χ0) is 10.8. The van der Waals surface area contributed by atoms with Gasteiger partial charge in [0.15, 0.2) is 0 Å². The van der Waals surface area contributed by atoms with Gasteiger partial charge in [-0.2, -0.15) is 0 Å². The molecule has 0 saturated heterocycles. The quantitative estimate of drug-likeness (QED) is 0.805.